The summed E-state index contributed by atoms with van der Waals surface area (Å²) in [5, 5.41) is -0.236. The van der Waals surface area contributed by atoms with Crippen LogP contribution in [0.3, 0.4) is 0 Å². The molecule has 0 unspecified atom stereocenters. The molecule has 56 valence electrons. The van der Waals surface area contributed by atoms with Crippen molar-refractivity contribution in [3.8, 4) is 0 Å². The molecule has 1 atom stereocenters. The minimum Gasteiger partial charge on any atom is -0.321 e. The van der Waals surface area contributed by atoms with Crippen LogP contribution in [0.1, 0.15) is 13.8 Å². The minimum absolute atomic E-state index is 0. The third-order valence-electron chi connectivity index (χ3n) is 1.00. The molecule has 2 N–H and O–H groups in total. The maximum absolute atomic E-state index is 10.3. The number of hydrogen-bond donors (Lipinski definition) is 2. The molecule has 0 radical (unpaired) electrons. The second-order valence-electron chi connectivity index (χ2n) is 2.11. The summed E-state index contributed by atoms with van der Waals surface area (Å²) in [7, 11) is 0. The van der Waals surface area contributed by atoms with Crippen LogP contribution < -0.4 is 5.73 Å². The largest absolute Gasteiger partial charge is 0.321 e. The van der Waals surface area contributed by atoms with E-state index in [-0.39, 0.29) is 23.4 Å². The lowest BCUT2D eigenvalue weighted by Gasteiger charge is -2.08. The molecule has 0 amide bonds. The van der Waals surface area contributed by atoms with Gasteiger partial charge in [-0.3, -0.25) is 4.79 Å². The molecule has 0 saturated heterocycles. The molecule has 0 rings (SSSR count). The SMILES string of the molecule is CC(C)[C@H](N)C(=O)S.Cl. The van der Waals surface area contributed by atoms with Crippen molar-refractivity contribution < 1.29 is 4.79 Å². The Labute approximate surface area is 67.0 Å². The molecule has 0 aliphatic carbocycles. The van der Waals surface area contributed by atoms with E-state index < -0.39 is 6.04 Å². The number of thiol groups is 1. The summed E-state index contributed by atoms with van der Waals surface area (Å²) in [4.78, 5) is 10.3. The average Bonchev–Trinajstić information content (AvgIpc) is 1.64. The number of rotatable bonds is 2. The Morgan fingerprint density at radius 2 is 1.89 bits per heavy atom. The lowest BCUT2D eigenvalue weighted by atomic mass is 10.1. The van der Waals surface area contributed by atoms with E-state index in [1.165, 1.54) is 0 Å². The number of halogens is 1. The van der Waals surface area contributed by atoms with Gasteiger partial charge in [-0.25, -0.2) is 0 Å². The van der Waals surface area contributed by atoms with Gasteiger partial charge in [0.05, 0.1) is 6.04 Å². The van der Waals surface area contributed by atoms with Gasteiger partial charge in [-0.2, -0.15) is 0 Å². The van der Waals surface area contributed by atoms with Gasteiger partial charge in [0.2, 0.25) is 5.12 Å². The molecular formula is C5H12ClNOS. The molecule has 0 heterocycles. The summed E-state index contributed by atoms with van der Waals surface area (Å²) in [6, 6.07) is -0.404. The quantitative estimate of drug-likeness (QED) is 0.602. The summed E-state index contributed by atoms with van der Waals surface area (Å²) in [5.74, 6) is 0.194. The van der Waals surface area contributed by atoms with Crippen LogP contribution in [0.15, 0.2) is 0 Å². The van der Waals surface area contributed by atoms with Gasteiger partial charge in [0.25, 0.3) is 0 Å². The molecular weight excluding hydrogens is 158 g/mol. The minimum atomic E-state index is -0.404. The average molecular weight is 170 g/mol. The molecule has 9 heavy (non-hydrogen) atoms. The van der Waals surface area contributed by atoms with Crippen molar-refractivity contribution in [2.45, 2.75) is 19.9 Å². The zero-order valence-electron chi connectivity index (χ0n) is 5.50. The van der Waals surface area contributed by atoms with Crippen LogP contribution in [0.5, 0.6) is 0 Å². The Bertz CT molecular complexity index is 97.0. The molecule has 0 aliphatic rings. The molecule has 0 aromatic rings. The lowest BCUT2D eigenvalue weighted by molar-refractivity contribution is -0.112. The molecule has 0 aliphatic heterocycles. The van der Waals surface area contributed by atoms with E-state index in [0.717, 1.165) is 0 Å². The smallest absolute Gasteiger partial charge is 0.202 e. The third-order valence-corrected chi connectivity index (χ3v) is 1.30. The van der Waals surface area contributed by atoms with Gasteiger partial charge in [-0.15, -0.1) is 25.0 Å². The molecule has 0 spiro atoms. The van der Waals surface area contributed by atoms with Gasteiger partial charge in [-0.1, -0.05) is 13.8 Å². The highest BCUT2D eigenvalue weighted by molar-refractivity contribution is 7.96. The van der Waals surface area contributed by atoms with Crippen molar-refractivity contribution in [1.29, 1.82) is 0 Å². The van der Waals surface area contributed by atoms with E-state index >= 15 is 0 Å². The normalized spacial score (nSPS) is 12.6. The number of nitrogens with two attached hydrogens (primary N) is 1. The zero-order valence-corrected chi connectivity index (χ0v) is 7.21. The molecule has 0 saturated carbocycles. The molecule has 0 fully saturated rings. The van der Waals surface area contributed by atoms with E-state index in [1.54, 1.807) is 0 Å². The van der Waals surface area contributed by atoms with Crippen LogP contribution in [-0.2, 0) is 4.79 Å². The highest BCUT2D eigenvalue weighted by Crippen LogP contribution is 2.00. The monoisotopic (exact) mass is 169 g/mol. The summed E-state index contributed by atoms with van der Waals surface area (Å²) in [5.41, 5.74) is 5.33. The van der Waals surface area contributed by atoms with E-state index in [0.29, 0.717) is 0 Å². The topological polar surface area (TPSA) is 43.1 Å². The first-order valence-electron chi connectivity index (χ1n) is 2.54. The van der Waals surface area contributed by atoms with Gasteiger partial charge in [-0.05, 0) is 5.92 Å². The Hall–Kier alpha value is 0.270. The fraction of sp³-hybridized carbons (Fsp3) is 0.800. The van der Waals surface area contributed by atoms with E-state index in [2.05, 4.69) is 12.6 Å². The molecule has 4 heteroatoms. The van der Waals surface area contributed by atoms with Crippen LogP contribution in [0.25, 0.3) is 0 Å². The van der Waals surface area contributed by atoms with Gasteiger partial charge in [0.1, 0.15) is 0 Å². The third kappa shape index (κ3) is 4.75. The molecule has 0 bridgehead atoms. The zero-order chi connectivity index (χ0) is 6.73. The molecule has 0 aromatic heterocycles. The van der Waals surface area contributed by atoms with Crippen LogP contribution in [0, 0.1) is 5.92 Å². The first kappa shape index (κ1) is 12.0. The summed E-state index contributed by atoms with van der Waals surface area (Å²) >= 11 is 3.57. The van der Waals surface area contributed by atoms with Gasteiger partial charge in [0, 0.05) is 0 Å². The Balaban J connectivity index is 0. The Kier molecular flexibility index (Phi) is 6.78. The Morgan fingerprint density at radius 3 is 1.89 bits per heavy atom. The van der Waals surface area contributed by atoms with Gasteiger partial charge in [0.15, 0.2) is 0 Å². The number of carbonyl (C=O) groups is 1. The second kappa shape index (κ2) is 5.09. The van der Waals surface area contributed by atoms with Gasteiger partial charge >= 0.3 is 0 Å². The van der Waals surface area contributed by atoms with Crippen molar-refractivity contribution in [3.05, 3.63) is 0 Å². The number of hydrogen-bond acceptors (Lipinski definition) is 2. The summed E-state index contributed by atoms with van der Waals surface area (Å²) < 4.78 is 0. The van der Waals surface area contributed by atoms with Crippen molar-refractivity contribution >= 4 is 30.2 Å². The van der Waals surface area contributed by atoms with E-state index in [1.807, 2.05) is 13.8 Å². The van der Waals surface area contributed by atoms with Crippen molar-refractivity contribution in [1.82, 2.24) is 0 Å². The predicted octanol–water partition coefficient (Wildman–Crippen LogP) is 0.848. The van der Waals surface area contributed by atoms with Crippen LogP contribution in [-0.4, -0.2) is 11.2 Å². The predicted molar refractivity (Wildman–Crippen MR) is 44.1 cm³/mol. The fourth-order valence-electron chi connectivity index (χ4n) is 0.285. The number of carbonyl (C=O) groups excluding carboxylic acids is 1. The van der Waals surface area contributed by atoms with Crippen molar-refractivity contribution in [3.63, 3.8) is 0 Å². The maximum Gasteiger partial charge on any atom is 0.202 e. The van der Waals surface area contributed by atoms with Crippen LogP contribution >= 0.6 is 25.0 Å². The van der Waals surface area contributed by atoms with Crippen LogP contribution in [0.4, 0.5) is 0 Å². The Morgan fingerprint density at radius 1 is 1.56 bits per heavy atom. The summed E-state index contributed by atoms with van der Waals surface area (Å²) in [6.45, 7) is 3.78. The highest BCUT2D eigenvalue weighted by atomic mass is 35.5. The second-order valence-corrected chi connectivity index (χ2v) is 2.55. The van der Waals surface area contributed by atoms with E-state index in [9.17, 15) is 4.79 Å². The first-order valence-corrected chi connectivity index (χ1v) is 2.98. The lowest BCUT2D eigenvalue weighted by Crippen LogP contribution is -2.32. The highest BCUT2D eigenvalue weighted by Gasteiger charge is 2.11. The standard InChI is InChI=1S/C5H11NOS.ClH/c1-3(2)4(6)5(7)8;/h3-4H,6H2,1-2H3,(H,7,8);1H/t4-;/m0./s1. The fourth-order valence-corrected chi connectivity index (χ4v) is 0.583. The van der Waals surface area contributed by atoms with Crippen LogP contribution in [0.2, 0.25) is 0 Å². The van der Waals surface area contributed by atoms with E-state index in [4.69, 9.17) is 5.73 Å². The van der Waals surface area contributed by atoms with Crippen molar-refractivity contribution in [2.75, 3.05) is 0 Å². The van der Waals surface area contributed by atoms with Crippen molar-refractivity contribution in [2.24, 2.45) is 11.7 Å². The molecule has 0 aromatic carbocycles. The first-order chi connectivity index (χ1) is 3.55. The molecule has 2 nitrogen and oxygen atoms in total. The van der Waals surface area contributed by atoms with Gasteiger partial charge < -0.3 is 5.73 Å². The summed E-state index contributed by atoms with van der Waals surface area (Å²) in [6.07, 6.45) is 0. The maximum atomic E-state index is 10.3.